The van der Waals surface area contributed by atoms with Gasteiger partial charge in [-0.2, -0.15) is 0 Å². The maximum absolute atomic E-state index is 12.2. The van der Waals surface area contributed by atoms with Crippen LogP contribution in [0.3, 0.4) is 0 Å². The fourth-order valence-corrected chi connectivity index (χ4v) is 3.47. The summed E-state index contributed by atoms with van der Waals surface area (Å²) in [5.74, 6) is 0.709. The van der Waals surface area contributed by atoms with Crippen LogP contribution in [0.4, 0.5) is 0 Å². The maximum Gasteiger partial charge on any atom is 0.251 e. The second-order valence-electron chi connectivity index (χ2n) is 6.58. The first-order valence-electron chi connectivity index (χ1n) is 8.23. The highest BCUT2D eigenvalue weighted by Gasteiger charge is 2.32. The van der Waals surface area contributed by atoms with Gasteiger partial charge in [0.2, 0.25) is 0 Å². The molecule has 134 valence electrons. The summed E-state index contributed by atoms with van der Waals surface area (Å²) in [6.45, 7) is 5.11. The summed E-state index contributed by atoms with van der Waals surface area (Å²) in [4.78, 5) is 14.5. The molecule has 0 spiro atoms. The van der Waals surface area contributed by atoms with Crippen molar-refractivity contribution in [3.8, 4) is 16.2 Å². The summed E-state index contributed by atoms with van der Waals surface area (Å²) in [6.07, 6.45) is -0.533. The molecular formula is C19H23NO4S. The van der Waals surface area contributed by atoms with E-state index in [1.165, 1.54) is 0 Å². The molecule has 1 aliphatic heterocycles. The van der Waals surface area contributed by atoms with Gasteiger partial charge in [-0.15, -0.1) is 11.3 Å². The van der Waals surface area contributed by atoms with Crippen molar-refractivity contribution in [3.63, 3.8) is 0 Å². The Kier molecular flexibility index (Phi) is 5.42. The third-order valence-electron chi connectivity index (χ3n) is 4.02. The molecule has 1 aromatic heterocycles. The van der Waals surface area contributed by atoms with E-state index in [-0.39, 0.29) is 11.5 Å². The summed E-state index contributed by atoms with van der Waals surface area (Å²) < 4.78 is 16.4. The van der Waals surface area contributed by atoms with Crippen LogP contribution in [0.1, 0.15) is 18.7 Å². The normalized spacial score (nSPS) is 19.4. The number of amides is 1. The van der Waals surface area contributed by atoms with Crippen LogP contribution in [-0.2, 0) is 20.8 Å². The smallest absolute Gasteiger partial charge is 0.251 e. The number of carbonyl (C=O) groups excluding carboxylic acids is 1. The third-order valence-corrected chi connectivity index (χ3v) is 5.16. The zero-order valence-corrected chi connectivity index (χ0v) is 15.5. The molecule has 25 heavy (non-hydrogen) atoms. The summed E-state index contributed by atoms with van der Waals surface area (Å²) in [6, 6.07) is 12.0. The highest BCUT2D eigenvalue weighted by molar-refractivity contribution is 7.15. The van der Waals surface area contributed by atoms with E-state index in [9.17, 15) is 4.79 Å². The van der Waals surface area contributed by atoms with Crippen LogP contribution in [0.5, 0.6) is 5.75 Å². The number of carbonyl (C=O) groups is 1. The van der Waals surface area contributed by atoms with Crippen LogP contribution in [0.15, 0.2) is 36.4 Å². The number of hydrogen-bond acceptors (Lipinski definition) is 5. The van der Waals surface area contributed by atoms with E-state index in [0.29, 0.717) is 19.8 Å². The number of methoxy groups -OCH3 is 1. The molecule has 2 aromatic rings. The average Bonchev–Trinajstić information content (AvgIpc) is 3.09. The maximum atomic E-state index is 12.2. The van der Waals surface area contributed by atoms with E-state index in [2.05, 4.69) is 11.4 Å². The van der Waals surface area contributed by atoms with Crippen LogP contribution in [0.2, 0.25) is 0 Å². The topological polar surface area (TPSA) is 56.8 Å². The predicted octanol–water partition coefficient (Wildman–Crippen LogP) is 3.23. The summed E-state index contributed by atoms with van der Waals surface area (Å²) in [7, 11) is 1.66. The Bertz CT molecular complexity index is 713. The van der Waals surface area contributed by atoms with Crippen molar-refractivity contribution in [1.82, 2.24) is 5.32 Å². The first-order valence-corrected chi connectivity index (χ1v) is 9.05. The average molecular weight is 361 g/mol. The largest absolute Gasteiger partial charge is 0.497 e. The van der Waals surface area contributed by atoms with Gasteiger partial charge < -0.3 is 19.5 Å². The van der Waals surface area contributed by atoms with E-state index in [1.54, 1.807) is 18.4 Å². The number of rotatable bonds is 5. The Morgan fingerprint density at radius 3 is 2.68 bits per heavy atom. The van der Waals surface area contributed by atoms with Gasteiger partial charge in [-0.25, -0.2) is 0 Å². The fourth-order valence-electron chi connectivity index (χ4n) is 2.52. The van der Waals surface area contributed by atoms with Crippen molar-refractivity contribution in [3.05, 3.63) is 41.3 Å². The lowest BCUT2D eigenvalue weighted by atomic mass is 10.1. The molecule has 5 nitrogen and oxygen atoms in total. The van der Waals surface area contributed by atoms with Gasteiger partial charge in [-0.1, -0.05) is 0 Å². The minimum Gasteiger partial charge on any atom is -0.497 e. The molecule has 1 atom stereocenters. The van der Waals surface area contributed by atoms with Crippen LogP contribution in [0.25, 0.3) is 10.4 Å². The summed E-state index contributed by atoms with van der Waals surface area (Å²) >= 11 is 1.66. The molecule has 2 heterocycles. The molecule has 0 bridgehead atoms. The molecule has 0 saturated carbocycles. The van der Waals surface area contributed by atoms with Crippen molar-refractivity contribution >= 4 is 17.2 Å². The Hall–Kier alpha value is -1.89. The standard InChI is InChI=1S/C19H23NO4S/c1-19(2)12-23-16(11-24-19)18(21)20-10-15-8-9-17(25-15)13-4-6-14(22-3)7-5-13/h4-9,16H,10-12H2,1-3H3,(H,20,21). The highest BCUT2D eigenvalue weighted by atomic mass is 32.1. The first-order chi connectivity index (χ1) is 12.0. The van der Waals surface area contributed by atoms with Crippen molar-refractivity contribution in [1.29, 1.82) is 0 Å². The van der Waals surface area contributed by atoms with Crippen LogP contribution in [-0.4, -0.2) is 37.9 Å². The minimum absolute atomic E-state index is 0.130. The van der Waals surface area contributed by atoms with Crippen LogP contribution < -0.4 is 10.1 Å². The van der Waals surface area contributed by atoms with E-state index < -0.39 is 6.10 Å². The van der Waals surface area contributed by atoms with Gasteiger partial charge in [-0.05, 0) is 55.8 Å². The van der Waals surface area contributed by atoms with Gasteiger partial charge in [0.25, 0.3) is 5.91 Å². The Balaban J connectivity index is 1.54. The molecule has 1 aromatic carbocycles. The lowest BCUT2D eigenvalue weighted by molar-refractivity contribution is -0.183. The van der Waals surface area contributed by atoms with Crippen molar-refractivity contribution in [2.45, 2.75) is 32.1 Å². The highest BCUT2D eigenvalue weighted by Crippen LogP contribution is 2.29. The number of thiophene rings is 1. The number of ether oxygens (including phenoxy) is 3. The molecule has 1 saturated heterocycles. The van der Waals surface area contributed by atoms with Gasteiger partial charge in [0.05, 0.1) is 32.5 Å². The molecule has 0 radical (unpaired) electrons. The fraction of sp³-hybridized carbons (Fsp3) is 0.421. The van der Waals surface area contributed by atoms with E-state index >= 15 is 0 Å². The van der Waals surface area contributed by atoms with Gasteiger partial charge in [0.15, 0.2) is 6.10 Å². The molecule has 6 heteroatoms. The Labute approximate surface area is 151 Å². The molecule has 1 N–H and O–H groups in total. The van der Waals surface area contributed by atoms with Crippen molar-refractivity contribution in [2.75, 3.05) is 20.3 Å². The number of nitrogens with one attached hydrogen (secondary N) is 1. The van der Waals surface area contributed by atoms with Gasteiger partial charge >= 0.3 is 0 Å². The number of hydrogen-bond donors (Lipinski definition) is 1. The van der Waals surface area contributed by atoms with Crippen LogP contribution in [0, 0.1) is 0 Å². The zero-order valence-electron chi connectivity index (χ0n) is 14.7. The van der Waals surface area contributed by atoms with Crippen LogP contribution >= 0.6 is 11.3 Å². The summed E-state index contributed by atoms with van der Waals surface area (Å²) in [5.41, 5.74) is 0.812. The third kappa shape index (κ3) is 4.60. The molecule has 1 unspecified atom stereocenters. The van der Waals surface area contributed by atoms with Gasteiger partial charge in [-0.3, -0.25) is 4.79 Å². The van der Waals surface area contributed by atoms with E-state index in [1.807, 2.05) is 44.2 Å². The SMILES string of the molecule is COc1ccc(-c2ccc(CNC(=O)C3COC(C)(C)CO3)s2)cc1. The zero-order chi connectivity index (χ0) is 17.9. The van der Waals surface area contributed by atoms with Crippen molar-refractivity contribution in [2.24, 2.45) is 0 Å². The van der Waals surface area contributed by atoms with E-state index in [4.69, 9.17) is 14.2 Å². The molecule has 0 aliphatic carbocycles. The van der Waals surface area contributed by atoms with Gasteiger partial charge in [0, 0.05) is 9.75 Å². The monoisotopic (exact) mass is 361 g/mol. The lowest BCUT2D eigenvalue weighted by Gasteiger charge is -2.34. The predicted molar refractivity (Wildman–Crippen MR) is 97.9 cm³/mol. The molecule has 1 amide bonds. The molecule has 1 aliphatic rings. The second-order valence-corrected chi connectivity index (χ2v) is 7.75. The molecular weight excluding hydrogens is 338 g/mol. The molecule has 3 rings (SSSR count). The lowest BCUT2D eigenvalue weighted by Crippen LogP contribution is -2.48. The Morgan fingerprint density at radius 1 is 1.28 bits per heavy atom. The quantitative estimate of drug-likeness (QED) is 0.888. The Morgan fingerprint density at radius 2 is 2.04 bits per heavy atom. The first kappa shape index (κ1) is 17.9. The minimum atomic E-state index is -0.533. The van der Waals surface area contributed by atoms with Crippen molar-refractivity contribution < 1.29 is 19.0 Å². The van der Waals surface area contributed by atoms with Gasteiger partial charge in [0.1, 0.15) is 5.75 Å². The molecule has 1 fully saturated rings. The van der Waals surface area contributed by atoms with E-state index in [0.717, 1.165) is 21.1 Å². The summed E-state index contributed by atoms with van der Waals surface area (Å²) in [5, 5.41) is 2.93. The number of benzene rings is 1. The second kappa shape index (κ2) is 7.56.